The van der Waals surface area contributed by atoms with Gasteiger partial charge in [-0.05, 0) is 43.2 Å². The smallest absolute Gasteiger partial charge is 0.338 e. The Balaban J connectivity index is 1.71. The lowest BCUT2D eigenvalue weighted by Crippen LogP contribution is -2.39. The largest absolute Gasteiger partial charge is 0.463 e. The Kier molecular flexibility index (Phi) is 5.69. The Hall–Kier alpha value is -4.25. The van der Waals surface area contributed by atoms with Gasteiger partial charge < -0.3 is 14.2 Å². The van der Waals surface area contributed by atoms with Crippen molar-refractivity contribution >= 4 is 29.1 Å². The maximum absolute atomic E-state index is 13.6. The number of nitrogens with zero attached hydrogens (tertiary/aromatic N) is 3. The lowest BCUT2D eigenvalue weighted by Gasteiger charge is -2.24. The van der Waals surface area contributed by atoms with Crippen LogP contribution in [0.4, 0.5) is 5.69 Å². The van der Waals surface area contributed by atoms with Crippen molar-refractivity contribution in [1.29, 1.82) is 0 Å². The van der Waals surface area contributed by atoms with Crippen LogP contribution in [0.5, 0.6) is 11.5 Å². The molecule has 0 bridgehead atoms. The van der Waals surface area contributed by atoms with Crippen LogP contribution in [0, 0.1) is 10.1 Å². The Morgan fingerprint density at radius 3 is 2.86 bits per heavy atom. The first-order chi connectivity index (χ1) is 16.9. The number of nitro benzene ring substituents is 1. The second-order valence-corrected chi connectivity index (χ2v) is 8.78. The fourth-order valence-electron chi connectivity index (χ4n) is 4.07. The Morgan fingerprint density at radius 1 is 1.29 bits per heavy atom. The van der Waals surface area contributed by atoms with Crippen molar-refractivity contribution in [3.8, 4) is 11.5 Å². The first kappa shape index (κ1) is 22.5. The highest BCUT2D eigenvalue weighted by Crippen LogP contribution is 2.38. The molecule has 2 aliphatic rings. The molecule has 0 spiro atoms. The molecule has 0 saturated carbocycles. The normalized spacial score (nSPS) is 16.6. The van der Waals surface area contributed by atoms with E-state index >= 15 is 0 Å². The van der Waals surface area contributed by atoms with E-state index in [1.807, 2.05) is 0 Å². The lowest BCUT2D eigenvalue weighted by atomic mass is 9.95. The van der Waals surface area contributed by atoms with Crippen LogP contribution < -0.4 is 24.4 Å². The number of ether oxygens (including phenoxy) is 3. The molecule has 1 atom stereocenters. The molecular formula is C24H19N3O7S. The molecule has 3 heterocycles. The molecule has 11 heteroatoms. The molecule has 0 aliphatic carbocycles. The van der Waals surface area contributed by atoms with E-state index in [1.165, 1.54) is 16.7 Å². The van der Waals surface area contributed by atoms with Gasteiger partial charge in [-0.1, -0.05) is 29.5 Å². The highest BCUT2D eigenvalue weighted by molar-refractivity contribution is 7.07. The maximum Gasteiger partial charge on any atom is 0.338 e. The van der Waals surface area contributed by atoms with Crippen molar-refractivity contribution in [2.24, 2.45) is 4.99 Å². The number of non-ortho nitro benzene ring substituents is 1. The van der Waals surface area contributed by atoms with Gasteiger partial charge in [0.05, 0.1) is 33.4 Å². The highest BCUT2D eigenvalue weighted by Gasteiger charge is 2.34. The number of hydrogen-bond donors (Lipinski definition) is 0. The molecule has 2 aromatic carbocycles. The van der Waals surface area contributed by atoms with E-state index in [2.05, 4.69) is 4.99 Å². The number of allylic oxidation sites excluding steroid dienone is 1. The predicted molar refractivity (Wildman–Crippen MR) is 126 cm³/mol. The van der Waals surface area contributed by atoms with Crippen molar-refractivity contribution < 1.29 is 23.9 Å². The van der Waals surface area contributed by atoms with Gasteiger partial charge in [0.2, 0.25) is 6.79 Å². The van der Waals surface area contributed by atoms with Gasteiger partial charge in [-0.3, -0.25) is 19.5 Å². The van der Waals surface area contributed by atoms with Crippen molar-refractivity contribution in [1.82, 2.24) is 4.57 Å². The summed E-state index contributed by atoms with van der Waals surface area (Å²) in [4.78, 5) is 42.2. The van der Waals surface area contributed by atoms with Crippen molar-refractivity contribution in [2.75, 3.05) is 13.4 Å². The lowest BCUT2D eigenvalue weighted by molar-refractivity contribution is -0.384. The molecule has 0 amide bonds. The first-order valence-corrected chi connectivity index (χ1v) is 11.5. The summed E-state index contributed by atoms with van der Waals surface area (Å²) >= 11 is 1.14. The summed E-state index contributed by atoms with van der Waals surface area (Å²) in [5, 5.41) is 11.1. The van der Waals surface area contributed by atoms with Gasteiger partial charge in [-0.15, -0.1) is 0 Å². The van der Waals surface area contributed by atoms with Gasteiger partial charge in [-0.25, -0.2) is 9.79 Å². The van der Waals surface area contributed by atoms with Crippen LogP contribution in [0.2, 0.25) is 0 Å². The molecule has 0 saturated heterocycles. The predicted octanol–water partition coefficient (Wildman–Crippen LogP) is 2.44. The van der Waals surface area contributed by atoms with Crippen LogP contribution in [0.15, 0.2) is 63.5 Å². The summed E-state index contributed by atoms with van der Waals surface area (Å²) in [6, 6.07) is 10.4. The molecule has 5 rings (SSSR count). The van der Waals surface area contributed by atoms with E-state index in [0.29, 0.717) is 37.7 Å². The van der Waals surface area contributed by atoms with Gasteiger partial charge in [0.1, 0.15) is 0 Å². The minimum Gasteiger partial charge on any atom is -0.463 e. The van der Waals surface area contributed by atoms with Crippen LogP contribution in [0.25, 0.3) is 6.08 Å². The zero-order valence-electron chi connectivity index (χ0n) is 18.7. The number of benzene rings is 2. The summed E-state index contributed by atoms with van der Waals surface area (Å²) in [5.41, 5.74) is 1.37. The van der Waals surface area contributed by atoms with E-state index in [4.69, 9.17) is 14.2 Å². The van der Waals surface area contributed by atoms with Crippen LogP contribution in [-0.2, 0) is 9.53 Å². The third-order valence-corrected chi connectivity index (χ3v) is 6.59. The quantitative estimate of drug-likeness (QED) is 0.304. The third kappa shape index (κ3) is 3.99. The fourth-order valence-corrected chi connectivity index (χ4v) is 5.12. The molecule has 178 valence electrons. The minimum atomic E-state index is -0.799. The summed E-state index contributed by atoms with van der Waals surface area (Å²) in [6.07, 6.45) is 1.58. The topological polar surface area (TPSA) is 122 Å². The zero-order valence-corrected chi connectivity index (χ0v) is 19.5. The summed E-state index contributed by atoms with van der Waals surface area (Å²) < 4.78 is 18.0. The molecular weight excluding hydrogens is 474 g/mol. The summed E-state index contributed by atoms with van der Waals surface area (Å²) in [5.74, 6) is 0.522. The van der Waals surface area contributed by atoms with Crippen molar-refractivity contribution in [2.45, 2.75) is 19.9 Å². The first-order valence-electron chi connectivity index (χ1n) is 10.7. The number of fused-ring (bicyclic) bond motifs is 2. The number of carbonyl (C=O) groups excluding carboxylic acids is 1. The fraction of sp³-hybridized carbons (Fsp3) is 0.208. The number of carbonyl (C=O) groups is 1. The second-order valence-electron chi connectivity index (χ2n) is 7.77. The average molecular weight is 493 g/mol. The Labute approximate surface area is 202 Å². The van der Waals surface area contributed by atoms with E-state index in [0.717, 1.165) is 11.3 Å². The SMILES string of the molecule is CCOC(=O)C1=C(C)N=c2s/c(=C/c3cccc([N+](=O)[O-])c3)c(=O)n2[C@H]1c1ccc2c(c1)OCO2. The van der Waals surface area contributed by atoms with Crippen molar-refractivity contribution in [3.05, 3.63) is 94.7 Å². The van der Waals surface area contributed by atoms with Gasteiger partial charge in [0.15, 0.2) is 16.3 Å². The average Bonchev–Trinajstić information content (AvgIpc) is 3.42. The van der Waals surface area contributed by atoms with E-state index < -0.39 is 16.9 Å². The number of nitro groups is 1. The molecule has 0 fully saturated rings. The van der Waals surface area contributed by atoms with Crippen LogP contribution in [0.1, 0.15) is 31.0 Å². The van der Waals surface area contributed by atoms with Crippen LogP contribution >= 0.6 is 11.3 Å². The van der Waals surface area contributed by atoms with Gasteiger partial charge in [-0.2, -0.15) is 0 Å². The summed E-state index contributed by atoms with van der Waals surface area (Å²) in [7, 11) is 0. The van der Waals surface area contributed by atoms with Crippen LogP contribution in [0.3, 0.4) is 0 Å². The van der Waals surface area contributed by atoms with Gasteiger partial charge in [0.25, 0.3) is 11.2 Å². The molecule has 0 radical (unpaired) electrons. The molecule has 3 aromatic rings. The van der Waals surface area contributed by atoms with Gasteiger partial charge in [0, 0.05) is 12.1 Å². The second kappa shape index (κ2) is 8.84. The number of aromatic nitrogens is 1. The van der Waals surface area contributed by atoms with Crippen molar-refractivity contribution in [3.63, 3.8) is 0 Å². The monoisotopic (exact) mass is 493 g/mol. The van der Waals surface area contributed by atoms with E-state index in [1.54, 1.807) is 50.3 Å². The number of thiazole rings is 1. The zero-order chi connectivity index (χ0) is 24.7. The highest BCUT2D eigenvalue weighted by atomic mass is 32.1. The molecule has 35 heavy (non-hydrogen) atoms. The van der Waals surface area contributed by atoms with E-state index in [-0.39, 0.29) is 30.2 Å². The number of esters is 1. The minimum absolute atomic E-state index is 0.0785. The molecule has 1 aromatic heterocycles. The maximum atomic E-state index is 13.6. The van der Waals surface area contributed by atoms with Gasteiger partial charge >= 0.3 is 5.97 Å². The van der Waals surface area contributed by atoms with E-state index in [9.17, 15) is 19.7 Å². The van der Waals surface area contributed by atoms with Crippen LogP contribution in [-0.4, -0.2) is 28.9 Å². The third-order valence-electron chi connectivity index (χ3n) is 5.61. The Bertz CT molecular complexity index is 1590. The molecule has 0 N–H and O–H groups in total. The number of rotatable bonds is 5. The standard InChI is InChI=1S/C24H19N3O7S/c1-3-32-23(29)20-13(2)25-24-26(21(20)15-7-8-17-18(11-15)34-12-33-17)22(28)19(35-24)10-14-5-4-6-16(9-14)27(30)31/h4-11,21H,3,12H2,1-2H3/b19-10+/t21-/m0/s1. The number of hydrogen-bond acceptors (Lipinski definition) is 9. The molecule has 0 unspecified atom stereocenters. The molecule has 2 aliphatic heterocycles. The Morgan fingerprint density at radius 2 is 2.09 bits per heavy atom. The summed E-state index contributed by atoms with van der Waals surface area (Å²) in [6.45, 7) is 3.66. The molecule has 10 nitrogen and oxygen atoms in total.